The van der Waals surface area contributed by atoms with E-state index >= 15 is 0 Å². The number of hydrogen-bond donors (Lipinski definition) is 2. The lowest BCUT2D eigenvalue weighted by Gasteiger charge is -2.21. The standard InChI is InChI=1S/C16H24N2O2/c1-20-15-10-12(9-13(17)11-15)16(19)18-14-7-5-3-2-4-6-8-14/h9-11,14H,2-8,17H2,1H3,(H,18,19). The van der Waals surface area contributed by atoms with Crippen molar-refractivity contribution < 1.29 is 9.53 Å². The molecule has 4 nitrogen and oxygen atoms in total. The molecular formula is C16H24N2O2. The third-order valence-electron chi connectivity index (χ3n) is 3.87. The van der Waals surface area contributed by atoms with E-state index in [1.165, 1.54) is 32.1 Å². The smallest absolute Gasteiger partial charge is 0.251 e. The Balaban J connectivity index is 2.01. The number of carbonyl (C=O) groups is 1. The Morgan fingerprint density at radius 3 is 2.45 bits per heavy atom. The van der Waals surface area contributed by atoms with Gasteiger partial charge >= 0.3 is 0 Å². The number of rotatable bonds is 3. The Labute approximate surface area is 120 Å². The molecule has 0 atom stereocenters. The van der Waals surface area contributed by atoms with Crippen LogP contribution < -0.4 is 15.8 Å². The first-order valence-corrected chi connectivity index (χ1v) is 7.44. The number of anilines is 1. The Kier molecular flexibility index (Phi) is 5.27. The summed E-state index contributed by atoms with van der Waals surface area (Å²) >= 11 is 0. The molecule has 1 fully saturated rings. The molecule has 110 valence electrons. The van der Waals surface area contributed by atoms with E-state index in [0.717, 1.165) is 12.8 Å². The number of benzene rings is 1. The molecule has 20 heavy (non-hydrogen) atoms. The quantitative estimate of drug-likeness (QED) is 0.834. The SMILES string of the molecule is COc1cc(N)cc(C(=O)NC2CCCCCCC2)c1. The minimum Gasteiger partial charge on any atom is -0.497 e. The normalized spacial score (nSPS) is 17.1. The van der Waals surface area contributed by atoms with Gasteiger partial charge in [0, 0.05) is 23.4 Å². The largest absolute Gasteiger partial charge is 0.497 e. The molecular weight excluding hydrogens is 252 g/mol. The van der Waals surface area contributed by atoms with Crippen LogP contribution in [0.5, 0.6) is 5.75 Å². The summed E-state index contributed by atoms with van der Waals surface area (Å²) in [6, 6.07) is 5.43. The molecule has 2 rings (SSSR count). The van der Waals surface area contributed by atoms with E-state index in [0.29, 0.717) is 17.0 Å². The van der Waals surface area contributed by atoms with Gasteiger partial charge in [0.15, 0.2) is 0 Å². The van der Waals surface area contributed by atoms with Crippen molar-refractivity contribution in [3.63, 3.8) is 0 Å². The summed E-state index contributed by atoms with van der Waals surface area (Å²) in [6.07, 6.45) is 8.43. The second kappa shape index (κ2) is 7.17. The highest BCUT2D eigenvalue weighted by Gasteiger charge is 2.16. The van der Waals surface area contributed by atoms with E-state index in [2.05, 4.69) is 5.32 Å². The number of carbonyl (C=O) groups excluding carboxylic acids is 1. The highest BCUT2D eigenvalue weighted by Crippen LogP contribution is 2.20. The average Bonchev–Trinajstić information content (AvgIpc) is 2.40. The lowest BCUT2D eigenvalue weighted by atomic mass is 9.96. The Hall–Kier alpha value is -1.71. The molecule has 0 aromatic heterocycles. The molecule has 1 aromatic rings. The zero-order valence-corrected chi connectivity index (χ0v) is 12.2. The van der Waals surface area contributed by atoms with Gasteiger partial charge < -0.3 is 15.8 Å². The van der Waals surface area contributed by atoms with Gasteiger partial charge in [-0.15, -0.1) is 0 Å². The first-order chi connectivity index (χ1) is 9.69. The number of nitrogens with one attached hydrogen (secondary N) is 1. The Morgan fingerprint density at radius 2 is 1.80 bits per heavy atom. The van der Waals surface area contributed by atoms with Crippen molar-refractivity contribution in [1.82, 2.24) is 5.32 Å². The van der Waals surface area contributed by atoms with Crippen molar-refractivity contribution in [3.8, 4) is 5.75 Å². The monoisotopic (exact) mass is 276 g/mol. The van der Waals surface area contributed by atoms with Crippen molar-refractivity contribution in [2.75, 3.05) is 12.8 Å². The summed E-state index contributed by atoms with van der Waals surface area (Å²) in [6.45, 7) is 0. The number of nitrogens with two attached hydrogens (primary N) is 1. The van der Waals surface area contributed by atoms with Gasteiger partial charge in [0.2, 0.25) is 0 Å². The summed E-state index contributed by atoms with van der Waals surface area (Å²) in [5, 5.41) is 3.13. The predicted molar refractivity (Wildman–Crippen MR) is 81.0 cm³/mol. The molecule has 0 heterocycles. The molecule has 0 unspecified atom stereocenters. The molecule has 1 saturated carbocycles. The molecule has 3 N–H and O–H groups in total. The number of hydrogen-bond acceptors (Lipinski definition) is 3. The molecule has 4 heteroatoms. The van der Waals surface area contributed by atoms with Crippen LogP contribution >= 0.6 is 0 Å². The molecule has 0 bridgehead atoms. The van der Waals surface area contributed by atoms with E-state index in [4.69, 9.17) is 10.5 Å². The van der Waals surface area contributed by atoms with Crippen molar-refractivity contribution >= 4 is 11.6 Å². The molecule has 0 spiro atoms. The van der Waals surface area contributed by atoms with Gasteiger partial charge in [0.25, 0.3) is 5.91 Å². The molecule has 1 aliphatic carbocycles. The van der Waals surface area contributed by atoms with E-state index in [-0.39, 0.29) is 11.9 Å². The van der Waals surface area contributed by atoms with Crippen LogP contribution in [-0.4, -0.2) is 19.1 Å². The minimum atomic E-state index is -0.0545. The van der Waals surface area contributed by atoms with Crippen LogP contribution in [0.3, 0.4) is 0 Å². The Bertz CT molecular complexity index is 452. The van der Waals surface area contributed by atoms with Crippen LogP contribution in [-0.2, 0) is 0 Å². The second-order valence-corrected chi connectivity index (χ2v) is 5.51. The molecule has 1 amide bonds. The fraction of sp³-hybridized carbons (Fsp3) is 0.562. The summed E-state index contributed by atoms with van der Waals surface area (Å²) < 4.78 is 5.15. The summed E-state index contributed by atoms with van der Waals surface area (Å²) in [4.78, 5) is 12.3. The van der Waals surface area contributed by atoms with E-state index in [1.807, 2.05) is 0 Å². The topological polar surface area (TPSA) is 64.3 Å². The first-order valence-electron chi connectivity index (χ1n) is 7.44. The van der Waals surface area contributed by atoms with Crippen molar-refractivity contribution in [2.24, 2.45) is 0 Å². The van der Waals surface area contributed by atoms with Crippen molar-refractivity contribution in [2.45, 2.75) is 51.0 Å². The third kappa shape index (κ3) is 4.15. The highest BCUT2D eigenvalue weighted by atomic mass is 16.5. The maximum atomic E-state index is 12.3. The van der Waals surface area contributed by atoms with E-state index in [1.54, 1.807) is 25.3 Å². The summed E-state index contributed by atoms with van der Waals surface area (Å²) in [5.74, 6) is 0.564. The van der Waals surface area contributed by atoms with Crippen LogP contribution in [0.25, 0.3) is 0 Å². The average molecular weight is 276 g/mol. The highest BCUT2D eigenvalue weighted by molar-refractivity contribution is 5.95. The first kappa shape index (κ1) is 14.7. The maximum Gasteiger partial charge on any atom is 0.251 e. The van der Waals surface area contributed by atoms with Crippen LogP contribution in [0.15, 0.2) is 18.2 Å². The second-order valence-electron chi connectivity index (χ2n) is 5.51. The molecule has 0 saturated heterocycles. The van der Waals surface area contributed by atoms with Crippen molar-refractivity contribution in [3.05, 3.63) is 23.8 Å². The van der Waals surface area contributed by atoms with Gasteiger partial charge in [0.05, 0.1) is 7.11 Å². The van der Waals surface area contributed by atoms with Gasteiger partial charge in [0.1, 0.15) is 5.75 Å². The van der Waals surface area contributed by atoms with Gasteiger partial charge in [-0.3, -0.25) is 4.79 Å². The number of nitrogen functional groups attached to an aromatic ring is 1. The molecule has 0 aliphatic heterocycles. The van der Waals surface area contributed by atoms with Crippen LogP contribution in [0.2, 0.25) is 0 Å². The van der Waals surface area contributed by atoms with Gasteiger partial charge in [-0.05, 0) is 25.0 Å². The Morgan fingerprint density at radius 1 is 1.15 bits per heavy atom. The lowest BCUT2D eigenvalue weighted by molar-refractivity contribution is 0.0930. The minimum absolute atomic E-state index is 0.0545. The third-order valence-corrected chi connectivity index (χ3v) is 3.87. The zero-order chi connectivity index (χ0) is 14.4. The number of methoxy groups -OCH3 is 1. The molecule has 1 aliphatic rings. The van der Waals surface area contributed by atoms with Crippen LogP contribution in [0.4, 0.5) is 5.69 Å². The summed E-state index contributed by atoms with van der Waals surface area (Å²) in [7, 11) is 1.57. The van der Waals surface area contributed by atoms with E-state index in [9.17, 15) is 4.79 Å². The van der Waals surface area contributed by atoms with Crippen LogP contribution in [0.1, 0.15) is 55.3 Å². The molecule has 1 aromatic carbocycles. The number of ether oxygens (including phenoxy) is 1. The number of amides is 1. The summed E-state index contributed by atoms with van der Waals surface area (Å²) in [5.41, 5.74) is 6.91. The molecule has 0 radical (unpaired) electrons. The zero-order valence-electron chi connectivity index (χ0n) is 12.2. The fourth-order valence-corrected chi connectivity index (χ4v) is 2.74. The maximum absolute atomic E-state index is 12.3. The van der Waals surface area contributed by atoms with Gasteiger partial charge in [-0.1, -0.05) is 32.1 Å². The van der Waals surface area contributed by atoms with Gasteiger partial charge in [-0.2, -0.15) is 0 Å². The van der Waals surface area contributed by atoms with Crippen molar-refractivity contribution in [1.29, 1.82) is 0 Å². The fourth-order valence-electron chi connectivity index (χ4n) is 2.74. The lowest BCUT2D eigenvalue weighted by Crippen LogP contribution is -2.35. The van der Waals surface area contributed by atoms with E-state index < -0.39 is 0 Å². The van der Waals surface area contributed by atoms with Crippen LogP contribution in [0, 0.1) is 0 Å². The van der Waals surface area contributed by atoms with Gasteiger partial charge in [-0.25, -0.2) is 0 Å². The predicted octanol–water partition coefficient (Wildman–Crippen LogP) is 3.12.